The zero-order valence-corrected chi connectivity index (χ0v) is 13.3. The Balaban J connectivity index is 1.49. The summed E-state index contributed by atoms with van der Waals surface area (Å²) in [6, 6.07) is 0. The minimum Gasteiger partial charge on any atom is -0.360 e. The van der Waals surface area contributed by atoms with Crippen LogP contribution in [0.3, 0.4) is 0 Å². The van der Waals surface area contributed by atoms with Gasteiger partial charge in [-0.2, -0.15) is 0 Å². The lowest BCUT2D eigenvalue weighted by molar-refractivity contribution is -0.172. The van der Waals surface area contributed by atoms with E-state index in [2.05, 4.69) is 18.8 Å². The number of hydrogen-bond donors (Lipinski definition) is 0. The molecule has 1 aliphatic carbocycles. The maximum atomic E-state index is 12.4. The van der Waals surface area contributed by atoms with Crippen LogP contribution in [-0.2, 0) is 21.7 Å². The number of rotatable bonds is 4. The number of ether oxygens (including phenoxy) is 1. The summed E-state index contributed by atoms with van der Waals surface area (Å²) < 4.78 is 6.03. The third-order valence-electron chi connectivity index (χ3n) is 5.34. The maximum Gasteiger partial charge on any atom is 0.225 e. The Morgan fingerprint density at radius 2 is 2.14 bits per heavy atom. The number of likely N-dealkylation sites (tertiary alicyclic amines) is 1. The molecule has 5 heteroatoms. The van der Waals surface area contributed by atoms with Crippen molar-refractivity contribution in [3.63, 3.8) is 0 Å². The van der Waals surface area contributed by atoms with E-state index in [1.54, 1.807) is 0 Å². The minimum atomic E-state index is -0.334. The molecule has 2 fully saturated rings. The van der Waals surface area contributed by atoms with Gasteiger partial charge in [-0.3, -0.25) is 4.79 Å². The van der Waals surface area contributed by atoms with Gasteiger partial charge >= 0.3 is 0 Å². The molecule has 0 N–H and O–H groups in total. The molecule has 0 aromatic carbocycles. The van der Waals surface area contributed by atoms with Crippen LogP contribution in [0.15, 0.2) is 6.20 Å². The molecule has 4 rings (SSSR count). The molecule has 1 amide bonds. The largest absolute Gasteiger partial charge is 0.360 e. The van der Waals surface area contributed by atoms with E-state index in [0.717, 1.165) is 29.9 Å². The predicted molar refractivity (Wildman–Crippen MR) is 81.1 cm³/mol. The molecule has 0 radical (unpaired) electrons. The Labute approximate surface area is 131 Å². The van der Waals surface area contributed by atoms with Crippen molar-refractivity contribution in [3.8, 4) is 0 Å². The van der Waals surface area contributed by atoms with E-state index in [1.807, 2.05) is 11.1 Å². The van der Waals surface area contributed by atoms with Crippen LogP contribution in [0, 0.1) is 5.92 Å². The molecule has 1 aromatic heterocycles. The number of hydrogen-bond acceptors (Lipinski definition) is 4. The summed E-state index contributed by atoms with van der Waals surface area (Å²) in [4.78, 5) is 23.6. The topological polar surface area (TPSA) is 55.3 Å². The number of amides is 1. The average Bonchev–Trinajstić information content (AvgIpc) is 3.27. The van der Waals surface area contributed by atoms with Gasteiger partial charge < -0.3 is 9.64 Å². The van der Waals surface area contributed by atoms with Crippen LogP contribution >= 0.6 is 0 Å². The smallest absolute Gasteiger partial charge is 0.225 e. The SMILES string of the molecule is CCC(CC)C(=O)N1CC2(C1)OCc1nc(C3CC3)ncc12. The van der Waals surface area contributed by atoms with Gasteiger partial charge in [-0.25, -0.2) is 9.97 Å². The Hall–Kier alpha value is -1.49. The second kappa shape index (κ2) is 5.01. The van der Waals surface area contributed by atoms with Crippen molar-refractivity contribution in [1.82, 2.24) is 14.9 Å². The van der Waals surface area contributed by atoms with Gasteiger partial charge in [0.1, 0.15) is 11.4 Å². The van der Waals surface area contributed by atoms with Gasteiger partial charge in [0, 0.05) is 23.6 Å². The van der Waals surface area contributed by atoms with E-state index >= 15 is 0 Å². The number of aromatic nitrogens is 2. The molecule has 22 heavy (non-hydrogen) atoms. The molecule has 0 atom stereocenters. The standard InChI is InChI=1S/C17H23N3O2/c1-3-11(4-2)16(21)20-9-17(10-20)13-7-18-15(12-5-6-12)19-14(13)8-22-17/h7,11-12H,3-6,8-10H2,1-2H3. The van der Waals surface area contributed by atoms with Crippen molar-refractivity contribution in [2.45, 2.75) is 57.7 Å². The maximum absolute atomic E-state index is 12.4. The zero-order valence-electron chi connectivity index (χ0n) is 13.3. The Morgan fingerprint density at radius 1 is 1.41 bits per heavy atom. The van der Waals surface area contributed by atoms with Crippen molar-refractivity contribution in [2.75, 3.05) is 13.1 Å². The highest BCUT2D eigenvalue weighted by molar-refractivity contribution is 5.80. The third-order valence-corrected chi connectivity index (χ3v) is 5.34. The molecule has 0 bridgehead atoms. The van der Waals surface area contributed by atoms with Gasteiger partial charge in [-0.05, 0) is 25.7 Å². The van der Waals surface area contributed by atoms with Crippen molar-refractivity contribution in [2.24, 2.45) is 5.92 Å². The monoisotopic (exact) mass is 301 g/mol. The van der Waals surface area contributed by atoms with Gasteiger partial charge in [-0.1, -0.05) is 13.8 Å². The predicted octanol–water partition coefficient (Wildman–Crippen LogP) is 2.36. The zero-order chi connectivity index (χ0) is 15.3. The summed E-state index contributed by atoms with van der Waals surface area (Å²) in [6.07, 6.45) is 6.18. The number of fused-ring (bicyclic) bond motifs is 2. The molecule has 1 spiro atoms. The van der Waals surface area contributed by atoms with Crippen molar-refractivity contribution >= 4 is 5.91 Å². The van der Waals surface area contributed by atoms with E-state index in [-0.39, 0.29) is 17.4 Å². The molecule has 1 saturated heterocycles. The number of nitrogens with zero attached hydrogens (tertiary/aromatic N) is 3. The number of carbonyl (C=O) groups excluding carboxylic acids is 1. The fourth-order valence-corrected chi connectivity index (χ4v) is 3.63. The molecule has 0 unspecified atom stereocenters. The molecule has 1 aromatic rings. The fraction of sp³-hybridized carbons (Fsp3) is 0.706. The van der Waals surface area contributed by atoms with Crippen molar-refractivity contribution in [3.05, 3.63) is 23.3 Å². The van der Waals surface area contributed by atoms with Gasteiger partial charge in [-0.15, -0.1) is 0 Å². The average molecular weight is 301 g/mol. The lowest BCUT2D eigenvalue weighted by Crippen LogP contribution is -2.62. The number of carbonyl (C=O) groups is 1. The summed E-state index contributed by atoms with van der Waals surface area (Å²) >= 11 is 0. The molecular formula is C17H23N3O2. The Kier molecular flexibility index (Phi) is 3.22. The quantitative estimate of drug-likeness (QED) is 0.856. The van der Waals surface area contributed by atoms with Gasteiger partial charge in [0.2, 0.25) is 5.91 Å². The lowest BCUT2D eigenvalue weighted by Gasteiger charge is -2.48. The summed E-state index contributed by atoms with van der Waals surface area (Å²) in [5, 5.41) is 0. The first-order valence-corrected chi connectivity index (χ1v) is 8.46. The van der Waals surface area contributed by atoms with Gasteiger partial charge in [0.15, 0.2) is 0 Å². The van der Waals surface area contributed by atoms with Crippen molar-refractivity contribution in [1.29, 1.82) is 0 Å². The van der Waals surface area contributed by atoms with E-state index in [1.165, 1.54) is 12.8 Å². The first kappa shape index (κ1) is 14.1. The molecule has 5 nitrogen and oxygen atoms in total. The van der Waals surface area contributed by atoms with E-state index in [0.29, 0.717) is 25.6 Å². The van der Waals surface area contributed by atoms with Crippen LogP contribution in [-0.4, -0.2) is 33.9 Å². The molecule has 2 aliphatic heterocycles. The Morgan fingerprint density at radius 3 is 2.77 bits per heavy atom. The van der Waals surface area contributed by atoms with Gasteiger partial charge in [0.25, 0.3) is 0 Å². The highest BCUT2D eigenvalue weighted by Crippen LogP contribution is 2.45. The molecule has 3 heterocycles. The summed E-state index contributed by atoms with van der Waals surface area (Å²) in [5.41, 5.74) is 1.80. The van der Waals surface area contributed by atoms with E-state index in [9.17, 15) is 4.79 Å². The van der Waals surface area contributed by atoms with Crippen LogP contribution in [0.5, 0.6) is 0 Å². The lowest BCUT2D eigenvalue weighted by atomic mass is 9.86. The minimum absolute atomic E-state index is 0.145. The summed E-state index contributed by atoms with van der Waals surface area (Å²) in [7, 11) is 0. The van der Waals surface area contributed by atoms with Crippen LogP contribution in [0.4, 0.5) is 0 Å². The van der Waals surface area contributed by atoms with Crippen molar-refractivity contribution < 1.29 is 9.53 Å². The van der Waals surface area contributed by atoms with Crippen LogP contribution in [0.25, 0.3) is 0 Å². The third kappa shape index (κ3) is 2.06. The first-order chi connectivity index (χ1) is 10.7. The molecular weight excluding hydrogens is 278 g/mol. The highest BCUT2D eigenvalue weighted by Gasteiger charge is 2.53. The van der Waals surface area contributed by atoms with E-state index < -0.39 is 0 Å². The summed E-state index contributed by atoms with van der Waals surface area (Å²) in [5.74, 6) is 1.95. The second-order valence-corrected chi connectivity index (χ2v) is 6.85. The van der Waals surface area contributed by atoms with Crippen LogP contribution < -0.4 is 0 Å². The highest BCUT2D eigenvalue weighted by atomic mass is 16.5. The van der Waals surface area contributed by atoms with Crippen LogP contribution in [0.2, 0.25) is 0 Å². The van der Waals surface area contributed by atoms with E-state index in [4.69, 9.17) is 9.72 Å². The van der Waals surface area contributed by atoms with Gasteiger partial charge in [0.05, 0.1) is 25.4 Å². The second-order valence-electron chi connectivity index (χ2n) is 6.85. The normalized spacial score (nSPS) is 22.0. The molecule has 118 valence electrons. The first-order valence-electron chi connectivity index (χ1n) is 8.46. The van der Waals surface area contributed by atoms with Crippen LogP contribution in [0.1, 0.15) is 62.5 Å². The molecule has 3 aliphatic rings. The summed E-state index contributed by atoms with van der Waals surface area (Å²) in [6.45, 7) is 6.03. The Bertz CT molecular complexity index is 602. The molecule has 1 saturated carbocycles. The fourth-order valence-electron chi connectivity index (χ4n) is 3.63.